The highest BCUT2D eigenvalue weighted by molar-refractivity contribution is 5.39. The van der Waals surface area contributed by atoms with Crippen LogP contribution in [-0.2, 0) is 0 Å². The lowest BCUT2D eigenvalue weighted by molar-refractivity contribution is 0.403. The summed E-state index contributed by atoms with van der Waals surface area (Å²) in [4.78, 5) is 0. The van der Waals surface area contributed by atoms with Crippen molar-refractivity contribution in [2.24, 2.45) is 0 Å². The molecule has 4 N–H and O–H groups in total. The van der Waals surface area contributed by atoms with Crippen LogP contribution in [0.3, 0.4) is 0 Å². The van der Waals surface area contributed by atoms with E-state index in [1.165, 1.54) is 36.4 Å². The summed E-state index contributed by atoms with van der Waals surface area (Å²) in [7, 11) is 0. The fraction of sp³-hybridized carbons (Fsp3) is 0.0769. The maximum absolute atomic E-state index is 8.85. The highest BCUT2D eigenvalue weighted by Crippen LogP contribution is 2.23. The molecule has 0 amide bonds. The van der Waals surface area contributed by atoms with E-state index in [2.05, 4.69) is 0 Å². The molecule has 2 rings (SSSR count). The van der Waals surface area contributed by atoms with Crippen LogP contribution in [-0.4, -0.2) is 20.4 Å². The Bertz CT molecular complexity index is 456. The smallest absolute Gasteiger partial charge is 0.157 e. The number of aryl methyl sites for hydroxylation is 1. The van der Waals surface area contributed by atoms with E-state index in [4.69, 9.17) is 20.4 Å². The molecule has 0 unspecified atom stereocenters. The lowest BCUT2D eigenvalue weighted by Crippen LogP contribution is -1.70. The molecule has 0 spiro atoms. The molecular formula is C13H14O4. The second kappa shape index (κ2) is 5.65. The third-order valence-electron chi connectivity index (χ3n) is 1.98. The van der Waals surface area contributed by atoms with E-state index >= 15 is 0 Å². The van der Waals surface area contributed by atoms with Gasteiger partial charge in [-0.05, 0) is 48.9 Å². The lowest BCUT2D eigenvalue weighted by Gasteiger charge is -1.95. The van der Waals surface area contributed by atoms with Crippen LogP contribution >= 0.6 is 0 Å². The predicted molar refractivity (Wildman–Crippen MR) is 64.3 cm³/mol. The van der Waals surface area contributed by atoms with Crippen LogP contribution in [0.4, 0.5) is 0 Å². The van der Waals surface area contributed by atoms with Gasteiger partial charge in [-0.3, -0.25) is 0 Å². The number of phenols is 4. The molecule has 0 heterocycles. The summed E-state index contributed by atoms with van der Waals surface area (Å²) in [5, 5.41) is 34.9. The van der Waals surface area contributed by atoms with E-state index in [1.54, 1.807) is 6.07 Å². The number of benzene rings is 2. The normalized spacial score (nSPS) is 9.24. The molecule has 0 aliphatic rings. The largest absolute Gasteiger partial charge is 0.508 e. The van der Waals surface area contributed by atoms with Gasteiger partial charge in [0.25, 0.3) is 0 Å². The SMILES string of the molecule is Cc1ccc(O)c(O)c1.Oc1ccc(O)cc1. The second-order valence-electron chi connectivity index (χ2n) is 3.51. The molecule has 0 bridgehead atoms. The summed E-state index contributed by atoms with van der Waals surface area (Å²) in [5.74, 6) is 0.209. The Morgan fingerprint density at radius 1 is 0.647 bits per heavy atom. The first-order valence-corrected chi connectivity index (χ1v) is 4.95. The number of phenolic OH excluding ortho intramolecular Hbond substituents is 4. The first kappa shape index (κ1) is 12.7. The van der Waals surface area contributed by atoms with Gasteiger partial charge in [-0.2, -0.15) is 0 Å². The topological polar surface area (TPSA) is 80.9 Å². The van der Waals surface area contributed by atoms with E-state index in [1.807, 2.05) is 6.92 Å². The Morgan fingerprint density at radius 3 is 1.47 bits per heavy atom. The van der Waals surface area contributed by atoms with E-state index in [0.29, 0.717) is 0 Å². The van der Waals surface area contributed by atoms with Crippen LogP contribution in [0, 0.1) is 6.92 Å². The maximum Gasteiger partial charge on any atom is 0.157 e. The van der Waals surface area contributed by atoms with Crippen LogP contribution in [0.2, 0.25) is 0 Å². The fourth-order valence-corrected chi connectivity index (χ4v) is 1.09. The zero-order valence-electron chi connectivity index (χ0n) is 9.33. The van der Waals surface area contributed by atoms with Crippen LogP contribution in [0.25, 0.3) is 0 Å². The molecule has 0 aliphatic heterocycles. The summed E-state index contributed by atoms with van der Waals surface area (Å²) in [6, 6.07) is 10.4. The lowest BCUT2D eigenvalue weighted by atomic mass is 10.2. The van der Waals surface area contributed by atoms with Gasteiger partial charge in [0.15, 0.2) is 11.5 Å². The van der Waals surface area contributed by atoms with E-state index < -0.39 is 0 Å². The quantitative estimate of drug-likeness (QED) is 0.417. The molecule has 4 nitrogen and oxygen atoms in total. The van der Waals surface area contributed by atoms with Crippen molar-refractivity contribution in [3.8, 4) is 23.0 Å². The van der Waals surface area contributed by atoms with Crippen molar-refractivity contribution in [2.75, 3.05) is 0 Å². The number of hydrogen-bond acceptors (Lipinski definition) is 4. The van der Waals surface area contributed by atoms with Crippen LogP contribution in [0.1, 0.15) is 5.56 Å². The monoisotopic (exact) mass is 234 g/mol. The molecule has 0 radical (unpaired) electrons. The van der Waals surface area contributed by atoms with Gasteiger partial charge in [0.05, 0.1) is 0 Å². The Kier molecular flexibility index (Phi) is 4.22. The predicted octanol–water partition coefficient (Wildman–Crippen LogP) is 2.50. The van der Waals surface area contributed by atoms with E-state index in [9.17, 15) is 0 Å². The highest BCUT2D eigenvalue weighted by Gasteiger charge is 1.94. The molecule has 90 valence electrons. The first-order valence-electron chi connectivity index (χ1n) is 4.95. The van der Waals surface area contributed by atoms with Crippen molar-refractivity contribution in [3.05, 3.63) is 48.0 Å². The minimum atomic E-state index is -0.0689. The maximum atomic E-state index is 8.85. The Hall–Kier alpha value is -2.36. The Morgan fingerprint density at radius 2 is 1.12 bits per heavy atom. The molecular weight excluding hydrogens is 220 g/mol. The minimum Gasteiger partial charge on any atom is -0.508 e. The molecule has 0 aliphatic carbocycles. The zero-order valence-corrected chi connectivity index (χ0v) is 9.33. The van der Waals surface area contributed by atoms with E-state index in [-0.39, 0.29) is 23.0 Å². The highest BCUT2D eigenvalue weighted by atomic mass is 16.3. The summed E-state index contributed by atoms with van der Waals surface area (Å²) in [6.07, 6.45) is 0. The Labute approximate surface area is 99.0 Å². The van der Waals surface area contributed by atoms with Crippen LogP contribution in [0.15, 0.2) is 42.5 Å². The summed E-state index contributed by atoms with van der Waals surface area (Å²) >= 11 is 0. The van der Waals surface area contributed by atoms with Gasteiger partial charge in [-0.15, -0.1) is 0 Å². The standard InChI is InChI=1S/C7H8O2.C6H6O2/c1-5-2-3-6(8)7(9)4-5;7-5-1-2-6(8)4-3-5/h2-4,8-9H,1H3;1-4,7-8H. The second-order valence-corrected chi connectivity index (χ2v) is 3.51. The zero-order chi connectivity index (χ0) is 12.8. The van der Waals surface area contributed by atoms with Gasteiger partial charge >= 0.3 is 0 Å². The van der Waals surface area contributed by atoms with Crippen molar-refractivity contribution < 1.29 is 20.4 Å². The molecule has 0 aromatic heterocycles. The molecule has 2 aromatic rings. The number of rotatable bonds is 0. The third-order valence-corrected chi connectivity index (χ3v) is 1.98. The molecule has 0 saturated heterocycles. The summed E-state index contributed by atoms with van der Waals surface area (Å²) in [6.45, 7) is 1.85. The van der Waals surface area contributed by atoms with Crippen molar-refractivity contribution in [1.82, 2.24) is 0 Å². The molecule has 4 heteroatoms. The fourth-order valence-electron chi connectivity index (χ4n) is 1.09. The summed E-state index contributed by atoms with van der Waals surface area (Å²) < 4.78 is 0. The van der Waals surface area contributed by atoms with Crippen LogP contribution < -0.4 is 0 Å². The average molecular weight is 234 g/mol. The van der Waals surface area contributed by atoms with Crippen molar-refractivity contribution in [1.29, 1.82) is 0 Å². The van der Waals surface area contributed by atoms with E-state index in [0.717, 1.165) is 5.56 Å². The Balaban J connectivity index is 0.000000171. The van der Waals surface area contributed by atoms with Crippen molar-refractivity contribution in [3.63, 3.8) is 0 Å². The summed E-state index contributed by atoms with van der Waals surface area (Å²) in [5.41, 5.74) is 0.935. The van der Waals surface area contributed by atoms with Gasteiger partial charge in [-0.1, -0.05) is 6.07 Å². The average Bonchev–Trinajstić information content (AvgIpc) is 2.29. The molecule has 2 aromatic carbocycles. The van der Waals surface area contributed by atoms with Gasteiger partial charge in [0, 0.05) is 0 Å². The van der Waals surface area contributed by atoms with Gasteiger partial charge in [-0.25, -0.2) is 0 Å². The molecule has 0 atom stereocenters. The molecule has 17 heavy (non-hydrogen) atoms. The van der Waals surface area contributed by atoms with Gasteiger partial charge < -0.3 is 20.4 Å². The number of hydrogen-bond donors (Lipinski definition) is 4. The van der Waals surface area contributed by atoms with Crippen LogP contribution in [0.5, 0.6) is 23.0 Å². The molecule has 0 saturated carbocycles. The van der Waals surface area contributed by atoms with Gasteiger partial charge in [0.2, 0.25) is 0 Å². The first-order chi connectivity index (χ1) is 7.99. The van der Waals surface area contributed by atoms with Gasteiger partial charge in [0.1, 0.15) is 11.5 Å². The van der Waals surface area contributed by atoms with Crippen molar-refractivity contribution >= 4 is 0 Å². The molecule has 0 fully saturated rings. The minimum absolute atomic E-state index is 0.0602. The number of aromatic hydroxyl groups is 4. The third kappa shape index (κ3) is 4.34. The van der Waals surface area contributed by atoms with Crippen molar-refractivity contribution in [2.45, 2.75) is 6.92 Å².